The van der Waals surface area contributed by atoms with E-state index in [1.807, 2.05) is 13.8 Å². The van der Waals surface area contributed by atoms with Crippen LogP contribution in [-0.2, 0) is 6.42 Å². The second-order valence-electron chi connectivity index (χ2n) is 10.2. The third-order valence-corrected chi connectivity index (χ3v) is 7.84. The van der Waals surface area contributed by atoms with Crippen LogP contribution in [0.2, 0.25) is 0 Å². The third-order valence-electron chi connectivity index (χ3n) is 7.84. The lowest BCUT2D eigenvalue weighted by Gasteiger charge is -2.67. The molecule has 1 aromatic carbocycles. The zero-order valence-electron chi connectivity index (χ0n) is 17.3. The lowest BCUT2D eigenvalue weighted by atomic mass is 9.41. The summed E-state index contributed by atoms with van der Waals surface area (Å²) >= 11 is 0. The first-order valence-corrected chi connectivity index (χ1v) is 10.3. The van der Waals surface area contributed by atoms with E-state index < -0.39 is 11.4 Å². The molecule has 0 aromatic heterocycles. The van der Waals surface area contributed by atoms with Crippen LogP contribution in [0.5, 0.6) is 17.2 Å². The summed E-state index contributed by atoms with van der Waals surface area (Å²) in [6, 6.07) is 0. The lowest BCUT2D eigenvalue weighted by Crippen LogP contribution is -2.67. The number of aromatic hydroxyl groups is 2. The molecule has 0 saturated heterocycles. The van der Waals surface area contributed by atoms with Gasteiger partial charge in [-0.2, -0.15) is 0 Å². The highest BCUT2D eigenvalue weighted by atomic mass is 16.5. The van der Waals surface area contributed by atoms with E-state index >= 15 is 0 Å². The van der Waals surface area contributed by atoms with Crippen molar-refractivity contribution in [1.29, 1.82) is 0 Å². The van der Waals surface area contributed by atoms with E-state index in [4.69, 9.17) is 4.74 Å². The van der Waals surface area contributed by atoms with Crippen molar-refractivity contribution in [2.24, 2.45) is 29.1 Å². The lowest BCUT2D eigenvalue weighted by molar-refractivity contribution is -0.217. The quantitative estimate of drug-likeness (QED) is 0.587. The third kappa shape index (κ3) is 2.37. The Hall–Kier alpha value is -2.04. The van der Waals surface area contributed by atoms with Crippen molar-refractivity contribution in [3.05, 3.63) is 16.7 Å². The number of Topliss-reactive ketones (excluding diaryl/α,β-unsaturated/α-hetero) is 1. The van der Waals surface area contributed by atoms with Crippen molar-refractivity contribution in [2.75, 3.05) is 0 Å². The highest BCUT2D eigenvalue weighted by Crippen LogP contribution is 2.67. The molecule has 0 radical (unpaired) electrons. The average molecular weight is 386 g/mol. The van der Waals surface area contributed by atoms with Gasteiger partial charge in [-0.15, -0.1) is 0 Å². The van der Waals surface area contributed by atoms with Crippen LogP contribution < -0.4 is 4.74 Å². The molecule has 152 valence electrons. The van der Waals surface area contributed by atoms with Crippen molar-refractivity contribution < 1.29 is 24.5 Å². The monoisotopic (exact) mass is 386 g/mol. The maximum absolute atomic E-state index is 13.0. The molecule has 3 fully saturated rings. The Morgan fingerprint density at radius 3 is 2.43 bits per heavy atom. The van der Waals surface area contributed by atoms with E-state index in [1.165, 1.54) is 0 Å². The normalized spacial score (nSPS) is 32.0. The largest absolute Gasteiger partial charge is 0.507 e. The molecule has 0 amide bonds. The van der Waals surface area contributed by atoms with Gasteiger partial charge in [0.1, 0.15) is 28.4 Å². The molecule has 5 nitrogen and oxygen atoms in total. The molecule has 0 spiro atoms. The summed E-state index contributed by atoms with van der Waals surface area (Å²) in [7, 11) is 0. The minimum absolute atomic E-state index is 0.0579. The molecule has 4 aliphatic rings. The SMILES string of the molecule is CC(C)CC(=O)c1c(O)c(C=O)c(O)c2c1O[C@@]1(C)[C@@H](C2)C[C@H]2C[C@@H]1C2(C)C. The molecule has 5 rings (SSSR count). The summed E-state index contributed by atoms with van der Waals surface area (Å²) < 4.78 is 6.55. The summed E-state index contributed by atoms with van der Waals surface area (Å²) in [5.74, 6) is 0.641. The number of rotatable bonds is 4. The molecule has 2 N–H and O–H groups in total. The fraction of sp³-hybridized carbons (Fsp3) is 0.652. The molecule has 4 atom stereocenters. The topological polar surface area (TPSA) is 83.8 Å². The molecule has 0 unspecified atom stereocenters. The number of phenolic OH excluding ortho intramolecular Hbond substituents is 2. The Morgan fingerprint density at radius 1 is 1.18 bits per heavy atom. The van der Waals surface area contributed by atoms with Gasteiger partial charge in [-0.1, -0.05) is 27.7 Å². The van der Waals surface area contributed by atoms with E-state index in [-0.39, 0.29) is 52.1 Å². The van der Waals surface area contributed by atoms with Crippen LogP contribution in [0.15, 0.2) is 0 Å². The van der Waals surface area contributed by atoms with Gasteiger partial charge in [-0.05, 0) is 43.4 Å². The van der Waals surface area contributed by atoms with Gasteiger partial charge >= 0.3 is 0 Å². The van der Waals surface area contributed by atoms with E-state index in [0.29, 0.717) is 30.1 Å². The van der Waals surface area contributed by atoms with Crippen molar-refractivity contribution in [1.82, 2.24) is 0 Å². The minimum atomic E-state index is -0.458. The predicted octanol–water partition coefficient (Wildman–Crippen LogP) is 4.51. The average Bonchev–Trinajstić information content (AvgIpc) is 2.59. The zero-order chi connectivity index (χ0) is 20.6. The van der Waals surface area contributed by atoms with Gasteiger partial charge in [0.2, 0.25) is 0 Å². The summed E-state index contributed by atoms with van der Waals surface area (Å²) in [4.78, 5) is 24.5. The maximum Gasteiger partial charge on any atom is 0.170 e. The Morgan fingerprint density at radius 2 is 1.86 bits per heavy atom. The van der Waals surface area contributed by atoms with Crippen LogP contribution in [0, 0.1) is 29.1 Å². The molecule has 5 heteroatoms. The molecular weight excluding hydrogens is 356 g/mol. The Balaban J connectivity index is 1.88. The van der Waals surface area contributed by atoms with E-state index in [1.54, 1.807) is 0 Å². The Labute approximate surface area is 166 Å². The Kier molecular flexibility index (Phi) is 4.12. The highest BCUT2D eigenvalue weighted by molar-refractivity contribution is 6.05. The number of hydrogen-bond donors (Lipinski definition) is 2. The number of ketones is 1. The van der Waals surface area contributed by atoms with Crippen molar-refractivity contribution in [3.63, 3.8) is 0 Å². The van der Waals surface area contributed by atoms with Crippen LogP contribution in [0.3, 0.4) is 0 Å². The van der Waals surface area contributed by atoms with Crippen LogP contribution in [0.4, 0.5) is 0 Å². The molecule has 3 saturated carbocycles. The van der Waals surface area contributed by atoms with Crippen molar-refractivity contribution >= 4 is 12.1 Å². The number of hydrogen-bond acceptors (Lipinski definition) is 5. The van der Waals surface area contributed by atoms with Crippen molar-refractivity contribution in [2.45, 2.75) is 65.9 Å². The van der Waals surface area contributed by atoms with E-state index in [2.05, 4.69) is 20.8 Å². The number of ether oxygens (including phenoxy) is 1. The van der Waals surface area contributed by atoms with E-state index in [0.717, 1.165) is 12.8 Å². The van der Waals surface area contributed by atoms with Gasteiger partial charge < -0.3 is 14.9 Å². The van der Waals surface area contributed by atoms with Crippen molar-refractivity contribution in [3.8, 4) is 17.2 Å². The maximum atomic E-state index is 13.0. The molecule has 1 heterocycles. The standard InChI is InChI=1S/C23H30O5/c1-11(2)6-16(25)18-20(27)15(10-24)19(26)14-8-13-7-12-9-17(22(12,3)4)23(13,5)28-21(14)18/h10-13,17,26-27H,6-9H2,1-5H3/t12-,13+,17+,23-/m0/s1. The molecule has 28 heavy (non-hydrogen) atoms. The number of fused-ring (bicyclic) bond motifs is 1. The van der Waals surface area contributed by atoms with Gasteiger partial charge in [-0.3, -0.25) is 9.59 Å². The number of phenols is 2. The number of aldehydes is 1. The number of benzene rings is 1. The van der Waals surface area contributed by atoms with Gasteiger partial charge in [-0.25, -0.2) is 0 Å². The fourth-order valence-electron chi connectivity index (χ4n) is 6.08. The summed E-state index contributed by atoms with van der Waals surface area (Å²) in [5, 5.41) is 21.4. The van der Waals surface area contributed by atoms with Crippen LogP contribution in [0.1, 0.15) is 80.2 Å². The van der Waals surface area contributed by atoms with Gasteiger partial charge in [0, 0.05) is 23.8 Å². The molecule has 2 bridgehead atoms. The highest BCUT2D eigenvalue weighted by Gasteiger charge is 2.66. The minimum Gasteiger partial charge on any atom is -0.507 e. The fourth-order valence-corrected chi connectivity index (χ4v) is 6.08. The summed E-state index contributed by atoms with van der Waals surface area (Å²) in [6.07, 6.45) is 3.33. The number of carbonyl (C=O) groups is 2. The second-order valence-corrected chi connectivity index (χ2v) is 10.2. The predicted molar refractivity (Wildman–Crippen MR) is 105 cm³/mol. The molecular formula is C23H30O5. The van der Waals surface area contributed by atoms with Crippen LogP contribution >= 0.6 is 0 Å². The molecule has 1 aromatic rings. The first-order valence-electron chi connectivity index (χ1n) is 10.3. The second kappa shape index (κ2) is 5.98. The zero-order valence-corrected chi connectivity index (χ0v) is 17.3. The first kappa shape index (κ1) is 19.3. The van der Waals surface area contributed by atoms with Crippen LogP contribution in [0.25, 0.3) is 0 Å². The summed E-state index contributed by atoms with van der Waals surface area (Å²) in [6.45, 7) is 10.5. The van der Waals surface area contributed by atoms with Gasteiger partial charge in [0.25, 0.3) is 0 Å². The Bertz CT molecular complexity index is 868. The van der Waals surface area contributed by atoms with Gasteiger partial charge in [0.05, 0.1) is 5.56 Å². The van der Waals surface area contributed by atoms with E-state index in [9.17, 15) is 19.8 Å². The first-order chi connectivity index (χ1) is 13.0. The molecule has 1 aliphatic heterocycles. The van der Waals surface area contributed by atoms with Crippen LogP contribution in [-0.4, -0.2) is 27.9 Å². The van der Waals surface area contributed by atoms with Gasteiger partial charge in [0.15, 0.2) is 12.1 Å². The summed E-state index contributed by atoms with van der Waals surface area (Å²) in [5.41, 5.74) is 0.0765. The number of carbonyl (C=O) groups excluding carboxylic acids is 2. The smallest absolute Gasteiger partial charge is 0.170 e. The molecule has 3 aliphatic carbocycles.